The molecule has 5 aromatic rings. The Morgan fingerprint density at radius 2 is 1.80 bits per heavy atom. The smallest absolute Gasteiger partial charge is 0.308 e. The second kappa shape index (κ2) is 13.7. The first-order valence-corrected chi connectivity index (χ1v) is 15.1. The summed E-state index contributed by atoms with van der Waals surface area (Å²) in [7, 11) is 1.33. The van der Waals surface area contributed by atoms with Crippen molar-refractivity contribution < 1.29 is 19.1 Å². The van der Waals surface area contributed by atoms with E-state index in [1.54, 1.807) is 29.1 Å². The number of amides is 1. The van der Waals surface area contributed by atoms with Crippen molar-refractivity contribution in [2.45, 2.75) is 50.9 Å². The fourth-order valence-electron chi connectivity index (χ4n) is 5.71. The number of rotatable bonds is 10. The zero-order valence-electron chi connectivity index (χ0n) is 25.1. The first-order valence-electron chi connectivity index (χ1n) is 15.1. The molecule has 1 N–H and O–H groups in total. The summed E-state index contributed by atoms with van der Waals surface area (Å²) in [6.45, 7) is 1.16. The molecule has 1 amide bonds. The number of carbonyl (C=O) groups is 2. The first kappa shape index (κ1) is 30.0. The van der Waals surface area contributed by atoms with E-state index < -0.39 is 12.0 Å². The fraction of sp³-hybridized carbons (Fsp3) is 0.286. The number of fused-ring (bicyclic) bond motifs is 1. The SMILES string of the molecule is COC(=O)CC(NC(=O)c1cncc(Cc2ccc(Cn3ccccc3=O)cc2)c1)c1nn(C2CCCCO2)c2ccccc12. The van der Waals surface area contributed by atoms with Crippen molar-refractivity contribution in [2.24, 2.45) is 0 Å². The number of ether oxygens (including phenoxy) is 2. The molecule has 230 valence electrons. The van der Waals surface area contributed by atoms with Crippen LogP contribution in [-0.2, 0) is 27.2 Å². The van der Waals surface area contributed by atoms with E-state index in [2.05, 4.69) is 10.3 Å². The molecule has 0 spiro atoms. The van der Waals surface area contributed by atoms with Crippen LogP contribution in [0.1, 0.15) is 70.7 Å². The number of methoxy groups -OCH3 is 1. The largest absolute Gasteiger partial charge is 0.469 e. The van der Waals surface area contributed by atoms with Crippen LogP contribution >= 0.6 is 0 Å². The molecular formula is C35H35N5O5. The molecule has 1 saturated heterocycles. The molecular weight excluding hydrogens is 570 g/mol. The molecule has 0 radical (unpaired) electrons. The number of aromatic nitrogens is 4. The van der Waals surface area contributed by atoms with E-state index in [0.29, 0.717) is 30.8 Å². The van der Waals surface area contributed by atoms with Gasteiger partial charge in [0.1, 0.15) is 0 Å². The van der Waals surface area contributed by atoms with E-state index in [0.717, 1.165) is 46.9 Å². The average Bonchev–Trinajstić information content (AvgIpc) is 3.46. The van der Waals surface area contributed by atoms with Gasteiger partial charge in [0, 0.05) is 36.7 Å². The van der Waals surface area contributed by atoms with Crippen LogP contribution < -0.4 is 10.9 Å². The van der Waals surface area contributed by atoms with Crippen LogP contribution in [0.4, 0.5) is 0 Å². The van der Waals surface area contributed by atoms with Crippen LogP contribution in [0.15, 0.2) is 96.2 Å². The molecule has 10 heteroatoms. The van der Waals surface area contributed by atoms with Crippen LogP contribution in [0.2, 0.25) is 0 Å². The molecule has 4 heterocycles. The van der Waals surface area contributed by atoms with Gasteiger partial charge in [0.25, 0.3) is 11.5 Å². The van der Waals surface area contributed by atoms with Gasteiger partial charge in [-0.25, -0.2) is 4.68 Å². The second-order valence-electron chi connectivity index (χ2n) is 11.2. The van der Waals surface area contributed by atoms with Gasteiger partial charge in [-0.15, -0.1) is 0 Å². The molecule has 1 aliphatic heterocycles. The normalized spacial score (nSPS) is 15.4. The topological polar surface area (TPSA) is 117 Å². The summed E-state index contributed by atoms with van der Waals surface area (Å²) in [6.07, 6.45) is 8.20. The summed E-state index contributed by atoms with van der Waals surface area (Å²) in [5, 5.41) is 8.76. The van der Waals surface area contributed by atoms with Crippen molar-refractivity contribution in [2.75, 3.05) is 13.7 Å². The Morgan fingerprint density at radius 3 is 2.58 bits per heavy atom. The average molecular weight is 606 g/mol. The summed E-state index contributed by atoms with van der Waals surface area (Å²) >= 11 is 0. The number of pyridine rings is 2. The Morgan fingerprint density at radius 1 is 1.00 bits per heavy atom. The highest BCUT2D eigenvalue weighted by Gasteiger charge is 2.28. The highest BCUT2D eigenvalue weighted by atomic mass is 16.5. The highest BCUT2D eigenvalue weighted by Crippen LogP contribution is 2.32. The molecule has 1 fully saturated rings. The third-order valence-electron chi connectivity index (χ3n) is 8.04. The minimum absolute atomic E-state index is 0.0451. The molecule has 0 saturated carbocycles. The van der Waals surface area contributed by atoms with Gasteiger partial charge in [-0.1, -0.05) is 48.5 Å². The van der Waals surface area contributed by atoms with Gasteiger partial charge in [-0.2, -0.15) is 5.10 Å². The zero-order chi connectivity index (χ0) is 31.2. The van der Waals surface area contributed by atoms with Gasteiger partial charge in [0.05, 0.1) is 42.9 Å². The minimum Gasteiger partial charge on any atom is -0.469 e. The standard InChI is InChI=1S/C35H35N5O5/c1-44-33(42)20-29(34-28-8-2-3-9-30(28)40(38-34)32-11-5-7-17-45-32)37-35(43)27-19-26(21-36-22-27)18-24-12-14-25(15-13-24)23-39-16-6-4-10-31(39)41/h2-4,6,8-10,12-16,19,21-22,29,32H,5,7,11,17-18,20,23H2,1H3,(H,37,43). The number of hydrogen-bond donors (Lipinski definition) is 1. The first-order chi connectivity index (χ1) is 22.0. The van der Waals surface area contributed by atoms with E-state index in [4.69, 9.17) is 14.6 Å². The maximum absolute atomic E-state index is 13.6. The van der Waals surface area contributed by atoms with Crippen molar-refractivity contribution in [1.82, 2.24) is 24.6 Å². The number of esters is 1. The fourth-order valence-corrected chi connectivity index (χ4v) is 5.71. The quantitative estimate of drug-likeness (QED) is 0.224. The Labute approximate surface area is 260 Å². The maximum Gasteiger partial charge on any atom is 0.308 e. The van der Waals surface area contributed by atoms with Gasteiger partial charge < -0.3 is 19.4 Å². The molecule has 6 rings (SSSR count). The van der Waals surface area contributed by atoms with Crippen LogP contribution in [0, 0.1) is 0 Å². The number of benzene rings is 2. The lowest BCUT2D eigenvalue weighted by Crippen LogP contribution is -2.31. The van der Waals surface area contributed by atoms with Gasteiger partial charge in [0.15, 0.2) is 6.23 Å². The Bertz CT molecular complexity index is 1860. The lowest BCUT2D eigenvalue weighted by Gasteiger charge is -2.23. The van der Waals surface area contributed by atoms with Gasteiger partial charge >= 0.3 is 5.97 Å². The van der Waals surface area contributed by atoms with Crippen molar-refractivity contribution in [3.05, 3.63) is 130 Å². The Hall–Kier alpha value is -5.09. The lowest BCUT2D eigenvalue weighted by atomic mass is 10.0. The molecule has 2 aromatic carbocycles. The number of nitrogens with one attached hydrogen (secondary N) is 1. The Kier molecular flexibility index (Phi) is 9.11. The van der Waals surface area contributed by atoms with E-state index in [1.807, 2.05) is 65.3 Å². The van der Waals surface area contributed by atoms with Crippen LogP contribution in [0.5, 0.6) is 0 Å². The van der Waals surface area contributed by atoms with Gasteiger partial charge in [-0.3, -0.25) is 19.4 Å². The van der Waals surface area contributed by atoms with E-state index >= 15 is 0 Å². The number of carbonyl (C=O) groups excluding carboxylic acids is 2. The van der Waals surface area contributed by atoms with Crippen LogP contribution in [0.25, 0.3) is 10.9 Å². The van der Waals surface area contributed by atoms with Crippen LogP contribution in [0.3, 0.4) is 0 Å². The zero-order valence-corrected chi connectivity index (χ0v) is 25.1. The molecule has 2 atom stereocenters. The monoisotopic (exact) mass is 605 g/mol. The van der Waals surface area contributed by atoms with Crippen molar-refractivity contribution in [1.29, 1.82) is 0 Å². The molecule has 45 heavy (non-hydrogen) atoms. The highest BCUT2D eigenvalue weighted by molar-refractivity contribution is 5.95. The molecule has 2 unspecified atom stereocenters. The Balaban J connectivity index is 1.20. The molecule has 0 bridgehead atoms. The van der Waals surface area contributed by atoms with Gasteiger partial charge in [0.2, 0.25) is 0 Å². The summed E-state index contributed by atoms with van der Waals surface area (Å²) in [5.41, 5.74) is 4.72. The van der Waals surface area contributed by atoms with E-state index in [1.165, 1.54) is 13.3 Å². The molecule has 0 aliphatic carbocycles. The van der Waals surface area contributed by atoms with E-state index in [-0.39, 0.29) is 24.1 Å². The summed E-state index contributed by atoms with van der Waals surface area (Å²) in [4.78, 5) is 42.5. The maximum atomic E-state index is 13.6. The predicted octanol–water partition coefficient (Wildman–Crippen LogP) is 4.97. The van der Waals surface area contributed by atoms with E-state index in [9.17, 15) is 14.4 Å². The van der Waals surface area contributed by atoms with Gasteiger partial charge in [-0.05, 0) is 60.6 Å². The predicted molar refractivity (Wildman–Crippen MR) is 169 cm³/mol. The molecule has 3 aromatic heterocycles. The number of nitrogens with zero attached hydrogens (tertiary/aromatic N) is 4. The minimum atomic E-state index is -0.729. The third kappa shape index (κ3) is 7.02. The molecule has 1 aliphatic rings. The second-order valence-corrected chi connectivity index (χ2v) is 11.2. The number of para-hydroxylation sites is 1. The summed E-state index contributed by atoms with van der Waals surface area (Å²) in [6, 6.07) is 22.0. The van der Waals surface area contributed by atoms with Crippen LogP contribution in [-0.4, -0.2) is 44.9 Å². The van der Waals surface area contributed by atoms with Crippen molar-refractivity contribution >= 4 is 22.8 Å². The summed E-state index contributed by atoms with van der Waals surface area (Å²) in [5.74, 6) is -0.824. The third-order valence-corrected chi connectivity index (χ3v) is 8.04. The molecule has 10 nitrogen and oxygen atoms in total. The number of hydrogen-bond acceptors (Lipinski definition) is 7. The van der Waals surface area contributed by atoms with Crippen molar-refractivity contribution in [3.8, 4) is 0 Å². The van der Waals surface area contributed by atoms with Crippen molar-refractivity contribution in [3.63, 3.8) is 0 Å². The summed E-state index contributed by atoms with van der Waals surface area (Å²) < 4.78 is 14.5. The lowest BCUT2D eigenvalue weighted by molar-refractivity contribution is -0.141.